The molecule has 3 aromatic rings. The van der Waals surface area contributed by atoms with Crippen LogP contribution in [0.3, 0.4) is 0 Å². The van der Waals surface area contributed by atoms with E-state index in [1.54, 1.807) is 18.1 Å². The van der Waals surface area contributed by atoms with Crippen molar-refractivity contribution in [3.63, 3.8) is 0 Å². The molecule has 162 valence electrons. The molecular formula is C20H16F2N8S2. The number of hydrazone groups is 1. The van der Waals surface area contributed by atoms with Gasteiger partial charge in [0.15, 0.2) is 11.1 Å². The van der Waals surface area contributed by atoms with Crippen LogP contribution in [0.1, 0.15) is 16.1 Å². The van der Waals surface area contributed by atoms with E-state index >= 15 is 0 Å². The summed E-state index contributed by atoms with van der Waals surface area (Å²) in [6.07, 6.45) is 1.72. The SMILES string of the molecule is Cc1nnc(N2N=C(c3cc(F)ccc3F)SC2(CN=C(N)NC#N)c2ccccc2)s1. The summed E-state index contributed by atoms with van der Waals surface area (Å²) in [6.45, 7) is 1.84. The predicted molar refractivity (Wildman–Crippen MR) is 121 cm³/mol. The van der Waals surface area contributed by atoms with Crippen LogP contribution in [0.4, 0.5) is 13.9 Å². The van der Waals surface area contributed by atoms with E-state index in [2.05, 4.69) is 25.6 Å². The molecule has 1 aliphatic heterocycles. The van der Waals surface area contributed by atoms with Crippen LogP contribution in [0.15, 0.2) is 58.6 Å². The molecule has 0 amide bonds. The van der Waals surface area contributed by atoms with Crippen molar-refractivity contribution in [2.75, 3.05) is 11.6 Å². The minimum atomic E-state index is -1.04. The summed E-state index contributed by atoms with van der Waals surface area (Å²) in [7, 11) is 0. The predicted octanol–water partition coefficient (Wildman–Crippen LogP) is 3.28. The molecule has 0 aliphatic carbocycles. The number of hydrogen-bond acceptors (Lipinski definition) is 8. The molecule has 0 bridgehead atoms. The summed E-state index contributed by atoms with van der Waals surface area (Å²) in [5.74, 6) is -1.27. The lowest BCUT2D eigenvalue weighted by Gasteiger charge is -2.34. The Balaban J connectivity index is 1.89. The lowest BCUT2D eigenvalue weighted by molar-refractivity contribution is 0.596. The number of guanidine groups is 1. The highest BCUT2D eigenvalue weighted by molar-refractivity contribution is 8.15. The van der Waals surface area contributed by atoms with E-state index in [4.69, 9.17) is 11.0 Å². The Morgan fingerprint density at radius 3 is 2.72 bits per heavy atom. The normalized spacial score (nSPS) is 18.4. The second-order valence-electron chi connectivity index (χ2n) is 6.64. The summed E-state index contributed by atoms with van der Waals surface area (Å²) in [5.41, 5.74) is 6.59. The highest BCUT2D eigenvalue weighted by Gasteiger charge is 2.48. The maximum absolute atomic E-state index is 14.6. The zero-order valence-electron chi connectivity index (χ0n) is 16.7. The van der Waals surface area contributed by atoms with Gasteiger partial charge < -0.3 is 5.73 Å². The Morgan fingerprint density at radius 1 is 1.25 bits per heavy atom. The Morgan fingerprint density at radius 2 is 2.03 bits per heavy atom. The molecule has 0 fully saturated rings. The first kappa shape index (κ1) is 21.7. The zero-order valence-corrected chi connectivity index (χ0v) is 18.3. The van der Waals surface area contributed by atoms with Gasteiger partial charge in [-0.15, -0.1) is 10.2 Å². The molecule has 8 nitrogen and oxygen atoms in total. The number of thioether (sulfide) groups is 1. The Kier molecular flexibility index (Phi) is 6.02. The second-order valence-corrected chi connectivity index (χ2v) is 9.06. The van der Waals surface area contributed by atoms with Crippen LogP contribution >= 0.6 is 23.1 Å². The van der Waals surface area contributed by atoms with Crippen LogP contribution in [0.2, 0.25) is 0 Å². The van der Waals surface area contributed by atoms with Gasteiger partial charge in [0, 0.05) is 5.56 Å². The van der Waals surface area contributed by atoms with Gasteiger partial charge in [-0.2, -0.15) is 10.4 Å². The Bertz CT molecular complexity index is 1240. The fourth-order valence-corrected chi connectivity index (χ4v) is 5.17. The van der Waals surface area contributed by atoms with E-state index in [9.17, 15) is 8.78 Å². The number of aromatic nitrogens is 2. The molecule has 4 rings (SSSR count). The van der Waals surface area contributed by atoms with Crippen LogP contribution in [-0.4, -0.2) is 27.7 Å². The van der Waals surface area contributed by atoms with Crippen LogP contribution in [0.25, 0.3) is 0 Å². The molecule has 1 aromatic heterocycles. The van der Waals surface area contributed by atoms with E-state index in [1.165, 1.54) is 23.1 Å². The van der Waals surface area contributed by atoms with Crippen LogP contribution in [-0.2, 0) is 4.87 Å². The van der Waals surface area contributed by atoms with E-state index in [0.29, 0.717) is 10.1 Å². The molecular weight excluding hydrogens is 454 g/mol. The number of nitrogens with one attached hydrogen (secondary N) is 1. The first-order valence-corrected chi connectivity index (χ1v) is 10.9. The lowest BCUT2D eigenvalue weighted by atomic mass is 10.1. The van der Waals surface area contributed by atoms with Crippen molar-refractivity contribution in [3.8, 4) is 6.19 Å². The van der Waals surface area contributed by atoms with Crippen LogP contribution < -0.4 is 16.1 Å². The summed E-state index contributed by atoms with van der Waals surface area (Å²) in [5, 5.41) is 27.0. The van der Waals surface area contributed by atoms with Crippen LogP contribution in [0.5, 0.6) is 0 Å². The number of nitrogens with two attached hydrogens (primary N) is 1. The molecule has 2 aromatic carbocycles. The lowest BCUT2D eigenvalue weighted by Crippen LogP contribution is -2.41. The van der Waals surface area contributed by atoms with Crippen LogP contribution in [0, 0.1) is 30.0 Å². The molecule has 0 saturated carbocycles. The van der Waals surface area contributed by atoms with Crippen molar-refractivity contribution in [1.82, 2.24) is 15.5 Å². The number of nitriles is 1. The molecule has 1 aliphatic rings. The van der Waals surface area contributed by atoms with Gasteiger partial charge >= 0.3 is 0 Å². The average molecular weight is 471 g/mol. The number of aliphatic imine (C=N–C) groups is 1. The Hall–Kier alpha value is -3.56. The van der Waals surface area contributed by atoms with Gasteiger partial charge in [0.25, 0.3) is 0 Å². The van der Waals surface area contributed by atoms with E-state index < -0.39 is 16.5 Å². The van der Waals surface area contributed by atoms with Gasteiger partial charge in [-0.25, -0.2) is 18.8 Å². The van der Waals surface area contributed by atoms with Gasteiger partial charge in [-0.1, -0.05) is 53.4 Å². The fourth-order valence-electron chi connectivity index (χ4n) is 3.09. The standard InChI is InChI=1S/C20H16F2N8S2/c1-12-27-28-19(31-12)30-20(10-25-18(24)26-11-23,13-5-3-2-4-6-13)32-17(29-30)15-9-14(21)7-8-16(15)22/h2-9H,10H2,1H3,(H3,24,25,26). The monoisotopic (exact) mass is 470 g/mol. The average Bonchev–Trinajstić information content (AvgIpc) is 3.39. The van der Waals surface area contributed by atoms with Gasteiger partial charge in [-0.3, -0.25) is 5.32 Å². The minimum absolute atomic E-state index is 0.0196. The fraction of sp³-hybridized carbons (Fsp3) is 0.150. The molecule has 0 radical (unpaired) electrons. The van der Waals surface area contributed by atoms with E-state index in [-0.39, 0.29) is 23.1 Å². The van der Waals surface area contributed by atoms with Gasteiger partial charge in [0.1, 0.15) is 21.7 Å². The first-order valence-electron chi connectivity index (χ1n) is 9.27. The number of hydrogen-bond donors (Lipinski definition) is 2. The summed E-state index contributed by atoms with van der Waals surface area (Å²) in [6, 6.07) is 12.5. The van der Waals surface area contributed by atoms with Crippen molar-refractivity contribution in [3.05, 3.63) is 76.3 Å². The third kappa shape index (κ3) is 4.12. The number of halogens is 2. The molecule has 2 heterocycles. The highest BCUT2D eigenvalue weighted by Crippen LogP contribution is 2.50. The summed E-state index contributed by atoms with van der Waals surface area (Å²) >= 11 is 2.49. The minimum Gasteiger partial charge on any atom is -0.369 e. The highest BCUT2D eigenvalue weighted by atomic mass is 32.2. The summed E-state index contributed by atoms with van der Waals surface area (Å²) < 4.78 is 28.6. The zero-order chi connectivity index (χ0) is 22.7. The third-order valence-electron chi connectivity index (χ3n) is 4.53. The number of rotatable bonds is 5. The number of anilines is 1. The molecule has 12 heteroatoms. The van der Waals surface area contributed by atoms with Crippen molar-refractivity contribution < 1.29 is 8.78 Å². The smallest absolute Gasteiger partial charge is 0.230 e. The molecule has 1 atom stereocenters. The van der Waals surface area contributed by atoms with Crippen molar-refractivity contribution in [2.24, 2.45) is 15.8 Å². The van der Waals surface area contributed by atoms with E-state index in [0.717, 1.165) is 23.8 Å². The molecule has 1 unspecified atom stereocenters. The number of benzene rings is 2. The van der Waals surface area contributed by atoms with Gasteiger partial charge in [-0.05, 0) is 30.7 Å². The number of aryl methyl sites for hydroxylation is 1. The molecule has 0 saturated heterocycles. The maximum Gasteiger partial charge on any atom is 0.230 e. The second kappa shape index (κ2) is 8.89. The topological polar surface area (TPSA) is 116 Å². The quantitative estimate of drug-likeness (QED) is 0.254. The molecule has 0 spiro atoms. The Labute approximate surface area is 190 Å². The van der Waals surface area contributed by atoms with Gasteiger partial charge in [0.05, 0.1) is 6.54 Å². The van der Waals surface area contributed by atoms with Crippen molar-refractivity contribution >= 4 is 39.2 Å². The maximum atomic E-state index is 14.6. The third-order valence-corrected chi connectivity index (χ3v) is 6.71. The first-order chi connectivity index (χ1) is 15.4. The van der Waals surface area contributed by atoms with Crippen molar-refractivity contribution in [1.29, 1.82) is 5.26 Å². The van der Waals surface area contributed by atoms with E-state index in [1.807, 2.05) is 30.3 Å². The molecule has 3 N–H and O–H groups in total. The largest absolute Gasteiger partial charge is 0.369 e. The summed E-state index contributed by atoms with van der Waals surface area (Å²) in [4.78, 5) is 3.27. The van der Waals surface area contributed by atoms with Crippen molar-refractivity contribution in [2.45, 2.75) is 11.8 Å². The molecule has 32 heavy (non-hydrogen) atoms. The number of nitrogens with zero attached hydrogens (tertiary/aromatic N) is 6. The van der Waals surface area contributed by atoms with Gasteiger partial charge in [0.2, 0.25) is 11.1 Å².